The third-order valence-electron chi connectivity index (χ3n) is 5.85. The Bertz CT molecular complexity index is 1080. The molecular formula is C24H28N2O5. The van der Waals surface area contributed by atoms with Crippen LogP contribution in [0.15, 0.2) is 40.8 Å². The van der Waals surface area contributed by atoms with E-state index in [0.717, 1.165) is 53.4 Å². The maximum absolute atomic E-state index is 13.1. The van der Waals surface area contributed by atoms with E-state index in [1.165, 1.54) is 0 Å². The Hall–Kier alpha value is -3.19. The molecule has 0 spiro atoms. The Balaban J connectivity index is 1.41. The standard InChI is InChI=1S/C24H28N2O5/c1-16-19-14-18(28-2)6-8-20(19)31-23(16)24(27)26-11-9-25(10-12-26)15-17-5-7-21(29-3)22(13-17)30-4/h5-8,13-14H,9-12,15H2,1-4H3. The number of hydrogen-bond acceptors (Lipinski definition) is 6. The molecule has 7 nitrogen and oxygen atoms in total. The molecule has 1 aromatic heterocycles. The van der Waals surface area contributed by atoms with E-state index in [2.05, 4.69) is 4.90 Å². The lowest BCUT2D eigenvalue weighted by Crippen LogP contribution is -2.48. The van der Waals surface area contributed by atoms with Gasteiger partial charge >= 0.3 is 0 Å². The molecule has 0 radical (unpaired) electrons. The maximum atomic E-state index is 13.1. The molecule has 0 N–H and O–H groups in total. The van der Waals surface area contributed by atoms with Crippen LogP contribution in [0.2, 0.25) is 0 Å². The van der Waals surface area contributed by atoms with Gasteiger partial charge in [-0.05, 0) is 42.8 Å². The molecule has 1 aliphatic heterocycles. The van der Waals surface area contributed by atoms with E-state index in [0.29, 0.717) is 24.4 Å². The normalized spacial score (nSPS) is 14.6. The molecule has 4 rings (SSSR count). The summed E-state index contributed by atoms with van der Waals surface area (Å²) in [5.41, 5.74) is 2.71. The number of fused-ring (bicyclic) bond motifs is 1. The van der Waals surface area contributed by atoms with E-state index in [1.54, 1.807) is 21.3 Å². The lowest BCUT2D eigenvalue weighted by Gasteiger charge is -2.34. The van der Waals surface area contributed by atoms with Crippen LogP contribution in [0.5, 0.6) is 17.2 Å². The topological polar surface area (TPSA) is 64.4 Å². The summed E-state index contributed by atoms with van der Waals surface area (Å²) in [6.07, 6.45) is 0. The van der Waals surface area contributed by atoms with Crippen molar-refractivity contribution in [1.29, 1.82) is 0 Å². The van der Waals surface area contributed by atoms with Crippen LogP contribution in [0, 0.1) is 6.92 Å². The number of rotatable bonds is 6. The number of ether oxygens (including phenoxy) is 3. The third-order valence-corrected chi connectivity index (χ3v) is 5.85. The van der Waals surface area contributed by atoms with E-state index < -0.39 is 0 Å². The van der Waals surface area contributed by atoms with Crippen LogP contribution in [0.4, 0.5) is 0 Å². The van der Waals surface area contributed by atoms with Crippen LogP contribution in [0.25, 0.3) is 11.0 Å². The first kappa shape index (κ1) is 21.1. The number of methoxy groups -OCH3 is 3. The van der Waals surface area contributed by atoms with E-state index in [1.807, 2.05) is 48.2 Å². The molecule has 1 amide bonds. The van der Waals surface area contributed by atoms with Crippen molar-refractivity contribution in [2.75, 3.05) is 47.5 Å². The zero-order chi connectivity index (χ0) is 22.0. The molecule has 0 aliphatic carbocycles. The lowest BCUT2D eigenvalue weighted by molar-refractivity contribution is 0.0599. The third kappa shape index (κ3) is 4.18. The number of aryl methyl sites for hydroxylation is 1. The molecule has 1 aliphatic rings. The molecule has 2 aromatic carbocycles. The maximum Gasteiger partial charge on any atom is 0.289 e. The summed E-state index contributed by atoms with van der Waals surface area (Å²) in [6.45, 7) is 5.63. The number of furan rings is 1. The van der Waals surface area contributed by atoms with Crippen LogP contribution in [0.1, 0.15) is 21.7 Å². The summed E-state index contributed by atoms with van der Waals surface area (Å²) in [7, 11) is 4.90. The van der Waals surface area contributed by atoms with Crippen LogP contribution in [0.3, 0.4) is 0 Å². The number of carbonyl (C=O) groups is 1. The molecule has 0 atom stereocenters. The molecule has 3 aromatic rings. The van der Waals surface area contributed by atoms with Crippen molar-refractivity contribution < 1.29 is 23.4 Å². The summed E-state index contributed by atoms with van der Waals surface area (Å²) in [4.78, 5) is 17.3. The van der Waals surface area contributed by atoms with Crippen molar-refractivity contribution in [3.8, 4) is 17.2 Å². The van der Waals surface area contributed by atoms with Gasteiger partial charge in [-0.2, -0.15) is 0 Å². The monoisotopic (exact) mass is 424 g/mol. The van der Waals surface area contributed by atoms with Crippen molar-refractivity contribution in [1.82, 2.24) is 9.80 Å². The quantitative estimate of drug-likeness (QED) is 0.601. The highest BCUT2D eigenvalue weighted by Crippen LogP contribution is 2.30. The minimum absolute atomic E-state index is 0.0570. The number of carbonyl (C=O) groups excluding carboxylic acids is 1. The van der Waals surface area contributed by atoms with E-state index >= 15 is 0 Å². The number of nitrogens with zero attached hydrogens (tertiary/aromatic N) is 2. The average molecular weight is 424 g/mol. The second-order valence-corrected chi connectivity index (χ2v) is 7.68. The molecule has 0 unspecified atom stereocenters. The molecule has 1 fully saturated rings. The van der Waals surface area contributed by atoms with Gasteiger partial charge in [0, 0.05) is 43.7 Å². The van der Waals surface area contributed by atoms with E-state index in [4.69, 9.17) is 18.6 Å². The number of benzene rings is 2. The molecular weight excluding hydrogens is 396 g/mol. The molecule has 2 heterocycles. The fraction of sp³-hybridized carbons (Fsp3) is 0.375. The minimum atomic E-state index is -0.0570. The minimum Gasteiger partial charge on any atom is -0.497 e. The van der Waals surface area contributed by atoms with Crippen molar-refractivity contribution in [3.63, 3.8) is 0 Å². The average Bonchev–Trinajstić information content (AvgIpc) is 3.14. The Morgan fingerprint density at radius 2 is 1.68 bits per heavy atom. The molecule has 0 saturated carbocycles. The van der Waals surface area contributed by atoms with Gasteiger partial charge in [-0.3, -0.25) is 9.69 Å². The summed E-state index contributed by atoms with van der Waals surface area (Å²) < 4.78 is 21.9. The van der Waals surface area contributed by atoms with Crippen molar-refractivity contribution in [2.24, 2.45) is 0 Å². The first-order chi connectivity index (χ1) is 15.0. The van der Waals surface area contributed by atoms with Crippen LogP contribution in [-0.4, -0.2) is 63.2 Å². The molecule has 0 bridgehead atoms. The second-order valence-electron chi connectivity index (χ2n) is 7.68. The Labute approximate surface area is 182 Å². The molecule has 31 heavy (non-hydrogen) atoms. The zero-order valence-corrected chi connectivity index (χ0v) is 18.4. The Morgan fingerprint density at radius 1 is 0.935 bits per heavy atom. The highest BCUT2D eigenvalue weighted by Gasteiger charge is 2.27. The van der Waals surface area contributed by atoms with Gasteiger partial charge in [0.2, 0.25) is 0 Å². The number of amides is 1. The van der Waals surface area contributed by atoms with Crippen LogP contribution >= 0.6 is 0 Å². The fourth-order valence-corrected chi connectivity index (χ4v) is 4.02. The van der Waals surface area contributed by atoms with Gasteiger partial charge < -0.3 is 23.5 Å². The van der Waals surface area contributed by atoms with Gasteiger partial charge in [0.1, 0.15) is 11.3 Å². The number of hydrogen-bond donors (Lipinski definition) is 0. The highest BCUT2D eigenvalue weighted by atomic mass is 16.5. The van der Waals surface area contributed by atoms with E-state index in [-0.39, 0.29) is 5.91 Å². The van der Waals surface area contributed by atoms with Gasteiger partial charge in [0.25, 0.3) is 5.91 Å². The summed E-state index contributed by atoms with van der Waals surface area (Å²) in [5, 5.41) is 0.912. The number of piperazine rings is 1. The van der Waals surface area contributed by atoms with Gasteiger partial charge in [-0.15, -0.1) is 0 Å². The van der Waals surface area contributed by atoms with Crippen molar-refractivity contribution >= 4 is 16.9 Å². The summed E-state index contributed by atoms with van der Waals surface area (Å²) >= 11 is 0. The van der Waals surface area contributed by atoms with Crippen LogP contribution in [-0.2, 0) is 6.54 Å². The van der Waals surface area contributed by atoms with Gasteiger partial charge in [-0.25, -0.2) is 0 Å². The Kier molecular flexibility index (Phi) is 6.04. The predicted molar refractivity (Wildman–Crippen MR) is 118 cm³/mol. The zero-order valence-electron chi connectivity index (χ0n) is 18.4. The predicted octanol–water partition coefficient (Wildman–Crippen LogP) is 3.73. The molecule has 164 valence electrons. The van der Waals surface area contributed by atoms with E-state index in [9.17, 15) is 4.79 Å². The second kappa shape index (κ2) is 8.89. The van der Waals surface area contributed by atoms with Crippen molar-refractivity contribution in [2.45, 2.75) is 13.5 Å². The van der Waals surface area contributed by atoms with Crippen molar-refractivity contribution in [3.05, 3.63) is 53.3 Å². The Morgan fingerprint density at radius 3 is 2.35 bits per heavy atom. The molecule has 7 heteroatoms. The summed E-state index contributed by atoms with van der Waals surface area (Å²) in [6, 6.07) is 11.6. The SMILES string of the molecule is COc1ccc2oc(C(=O)N3CCN(Cc4ccc(OC)c(OC)c4)CC3)c(C)c2c1. The van der Waals surface area contributed by atoms with Gasteiger partial charge in [-0.1, -0.05) is 6.07 Å². The van der Waals surface area contributed by atoms with Gasteiger partial charge in [0.15, 0.2) is 17.3 Å². The lowest BCUT2D eigenvalue weighted by atomic mass is 10.1. The van der Waals surface area contributed by atoms with Crippen LogP contribution < -0.4 is 14.2 Å². The molecule has 1 saturated heterocycles. The summed E-state index contributed by atoms with van der Waals surface area (Å²) in [5.74, 6) is 2.56. The first-order valence-corrected chi connectivity index (χ1v) is 10.3. The largest absolute Gasteiger partial charge is 0.497 e. The fourth-order valence-electron chi connectivity index (χ4n) is 4.02. The smallest absolute Gasteiger partial charge is 0.289 e. The highest BCUT2D eigenvalue weighted by molar-refractivity contribution is 5.99. The van der Waals surface area contributed by atoms with Gasteiger partial charge in [0.05, 0.1) is 21.3 Å². The first-order valence-electron chi connectivity index (χ1n) is 10.3.